The number of aromatic nitrogens is 6. The van der Waals surface area contributed by atoms with Crippen molar-refractivity contribution >= 4 is 52.4 Å². The van der Waals surface area contributed by atoms with E-state index >= 15 is 0 Å². The number of alkyl halides is 3. The first-order valence-electron chi connectivity index (χ1n) is 9.65. The van der Waals surface area contributed by atoms with Gasteiger partial charge in [-0.2, -0.15) is 18.3 Å². The Morgan fingerprint density at radius 2 is 1.86 bits per heavy atom. The Labute approximate surface area is 214 Å². The number of halogens is 6. The molecular weight excluding hydrogens is 550 g/mol. The molecule has 0 spiro atoms. The van der Waals surface area contributed by atoms with E-state index in [0.717, 1.165) is 15.4 Å². The van der Waals surface area contributed by atoms with E-state index in [-0.39, 0.29) is 50.1 Å². The van der Waals surface area contributed by atoms with Crippen LogP contribution in [0, 0.1) is 0 Å². The average Bonchev–Trinajstić information content (AvgIpc) is 3.43. The zero-order valence-electron chi connectivity index (χ0n) is 17.5. The van der Waals surface area contributed by atoms with Gasteiger partial charge in [-0.1, -0.05) is 40.0 Å². The number of rotatable bonds is 6. The Morgan fingerprint density at radius 3 is 2.50 bits per heavy atom. The standard InChI is InChI=1S/C20H11Cl3F3N7O3/c21-9-4-11(19(35)36)16(13(23)5-9)28-18(34)14-6-10(7-32-8-15(29-31-32)20(24,25)26)30-33(14)17-12(22)2-1-3-27-17/h1-6,8H,7H2,(H,28,34)(H,35,36). The summed E-state index contributed by atoms with van der Waals surface area (Å²) >= 11 is 18.2. The fourth-order valence-corrected chi connectivity index (χ4v) is 3.82. The molecule has 3 aromatic heterocycles. The normalized spacial score (nSPS) is 11.5. The van der Waals surface area contributed by atoms with Crippen LogP contribution < -0.4 is 5.32 Å². The van der Waals surface area contributed by atoms with Crippen molar-refractivity contribution in [2.45, 2.75) is 12.7 Å². The van der Waals surface area contributed by atoms with Gasteiger partial charge in [0.25, 0.3) is 5.91 Å². The van der Waals surface area contributed by atoms with Crippen molar-refractivity contribution in [1.29, 1.82) is 0 Å². The predicted molar refractivity (Wildman–Crippen MR) is 122 cm³/mol. The number of carbonyl (C=O) groups is 2. The summed E-state index contributed by atoms with van der Waals surface area (Å²) in [6.45, 7) is -0.289. The summed E-state index contributed by atoms with van der Waals surface area (Å²) in [5, 5.41) is 22.6. The van der Waals surface area contributed by atoms with Gasteiger partial charge in [-0.25, -0.2) is 19.1 Å². The van der Waals surface area contributed by atoms with Crippen LogP contribution in [0.2, 0.25) is 15.1 Å². The molecule has 16 heteroatoms. The lowest BCUT2D eigenvalue weighted by molar-refractivity contribution is -0.141. The second-order valence-corrected chi connectivity index (χ2v) is 8.36. The molecule has 0 saturated carbocycles. The van der Waals surface area contributed by atoms with Gasteiger partial charge in [0.15, 0.2) is 11.5 Å². The predicted octanol–water partition coefficient (Wildman–Crippen LogP) is 4.84. The highest BCUT2D eigenvalue weighted by Gasteiger charge is 2.34. The topological polar surface area (TPSA) is 128 Å². The van der Waals surface area contributed by atoms with E-state index in [1.165, 1.54) is 30.5 Å². The maximum absolute atomic E-state index is 13.2. The third-order valence-corrected chi connectivity index (χ3v) is 5.42. The molecule has 2 N–H and O–H groups in total. The first-order chi connectivity index (χ1) is 16.9. The highest BCUT2D eigenvalue weighted by atomic mass is 35.5. The molecular formula is C20H11Cl3F3N7O3. The van der Waals surface area contributed by atoms with Crippen molar-refractivity contribution in [3.05, 3.63) is 80.4 Å². The fraction of sp³-hybridized carbons (Fsp3) is 0.100. The van der Waals surface area contributed by atoms with Crippen molar-refractivity contribution in [3.8, 4) is 5.82 Å². The third kappa shape index (κ3) is 5.27. The number of carbonyl (C=O) groups excluding carboxylic acids is 1. The smallest absolute Gasteiger partial charge is 0.436 e. The number of aromatic carboxylic acids is 1. The monoisotopic (exact) mass is 559 g/mol. The Kier molecular flexibility index (Phi) is 6.89. The molecule has 4 rings (SSSR count). The van der Waals surface area contributed by atoms with Gasteiger partial charge in [0.2, 0.25) is 0 Å². The molecule has 4 aromatic rings. The number of carboxylic acids is 1. The van der Waals surface area contributed by atoms with Crippen LogP contribution in [0.5, 0.6) is 0 Å². The maximum atomic E-state index is 13.2. The van der Waals surface area contributed by atoms with Gasteiger partial charge in [-0.3, -0.25) is 4.79 Å². The number of nitrogens with zero attached hydrogens (tertiary/aromatic N) is 6. The number of benzene rings is 1. The number of anilines is 1. The van der Waals surface area contributed by atoms with Crippen LogP contribution >= 0.6 is 34.8 Å². The Balaban J connectivity index is 1.75. The molecule has 0 unspecified atom stereocenters. The fourth-order valence-electron chi connectivity index (χ4n) is 3.08. The minimum Gasteiger partial charge on any atom is -0.478 e. The second-order valence-electron chi connectivity index (χ2n) is 7.11. The zero-order chi connectivity index (χ0) is 26.2. The molecule has 0 radical (unpaired) electrons. The molecule has 10 nitrogen and oxygen atoms in total. The summed E-state index contributed by atoms with van der Waals surface area (Å²) in [5.41, 5.74) is -1.88. The van der Waals surface area contributed by atoms with Gasteiger partial charge in [0, 0.05) is 11.2 Å². The second kappa shape index (κ2) is 9.76. The zero-order valence-corrected chi connectivity index (χ0v) is 19.7. The lowest BCUT2D eigenvalue weighted by Crippen LogP contribution is -2.19. The lowest BCUT2D eigenvalue weighted by atomic mass is 10.1. The minimum absolute atomic E-state index is 0.0331. The van der Waals surface area contributed by atoms with E-state index in [4.69, 9.17) is 34.8 Å². The van der Waals surface area contributed by atoms with Crippen LogP contribution in [0.4, 0.5) is 18.9 Å². The molecule has 1 aromatic carbocycles. The number of pyridine rings is 1. The van der Waals surface area contributed by atoms with Crippen molar-refractivity contribution in [1.82, 2.24) is 29.8 Å². The van der Waals surface area contributed by atoms with Crippen LogP contribution in [0.15, 0.2) is 42.7 Å². The average molecular weight is 561 g/mol. The molecule has 0 bridgehead atoms. The molecule has 0 aliphatic heterocycles. The molecule has 3 heterocycles. The van der Waals surface area contributed by atoms with Crippen molar-refractivity contribution in [3.63, 3.8) is 0 Å². The summed E-state index contributed by atoms with van der Waals surface area (Å²) in [4.78, 5) is 29.0. The quantitative estimate of drug-likeness (QED) is 0.345. The van der Waals surface area contributed by atoms with E-state index in [1.54, 1.807) is 0 Å². The van der Waals surface area contributed by atoms with Gasteiger partial charge in [-0.15, -0.1) is 5.10 Å². The maximum Gasteiger partial charge on any atom is 0.436 e. The van der Waals surface area contributed by atoms with Crippen LogP contribution in [0.3, 0.4) is 0 Å². The highest BCUT2D eigenvalue weighted by Crippen LogP contribution is 2.31. The minimum atomic E-state index is -4.69. The van der Waals surface area contributed by atoms with E-state index < -0.39 is 23.7 Å². The van der Waals surface area contributed by atoms with Crippen molar-refractivity contribution in [2.75, 3.05) is 5.32 Å². The number of hydrogen-bond acceptors (Lipinski definition) is 6. The summed E-state index contributed by atoms with van der Waals surface area (Å²) < 4.78 is 40.5. The first kappa shape index (κ1) is 25.4. The van der Waals surface area contributed by atoms with Crippen LogP contribution in [0.1, 0.15) is 32.2 Å². The molecule has 0 saturated heterocycles. The van der Waals surface area contributed by atoms with E-state index in [0.29, 0.717) is 6.20 Å². The van der Waals surface area contributed by atoms with Gasteiger partial charge < -0.3 is 10.4 Å². The van der Waals surface area contributed by atoms with E-state index in [2.05, 4.69) is 25.7 Å². The van der Waals surface area contributed by atoms with E-state index in [1.807, 2.05) is 0 Å². The summed E-state index contributed by atoms with van der Waals surface area (Å²) in [7, 11) is 0. The highest BCUT2D eigenvalue weighted by molar-refractivity contribution is 6.38. The van der Waals surface area contributed by atoms with Gasteiger partial charge in [-0.05, 0) is 30.3 Å². The van der Waals surface area contributed by atoms with Crippen molar-refractivity contribution in [2.24, 2.45) is 0 Å². The molecule has 0 fully saturated rings. The molecule has 1 amide bonds. The Morgan fingerprint density at radius 1 is 1.11 bits per heavy atom. The third-order valence-electron chi connectivity index (χ3n) is 4.61. The largest absolute Gasteiger partial charge is 0.478 e. The van der Waals surface area contributed by atoms with Crippen LogP contribution in [-0.2, 0) is 12.7 Å². The summed E-state index contributed by atoms with van der Waals surface area (Å²) in [5.74, 6) is -2.23. The first-order valence-corrected chi connectivity index (χ1v) is 10.8. The number of hydrogen-bond donors (Lipinski definition) is 2. The van der Waals surface area contributed by atoms with Gasteiger partial charge in [0.05, 0.1) is 39.7 Å². The molecule has 0 aliphatic rings. The SMILES string of the molecule is O=C(O)c1cc(Cl)cc(Cl)c1NC(=O)c1cc(Cn2cc(C(F)(F)F)nn2)nn1-c1ncccc1Cl. The number of carboxylic acid groups (broad SMARTS) is 1. The van der Waals surface area contributed by atoms with E-state index in [9.17, 15) is 27.9 Å². The van der Waals surface area contributed by atoms with Crippen LogP contribution in [-0.4, -0.2) is 46.7 Å². The molecule has 36 heavy (non-hydrogen) atoms. The summed E-state index contributed by atoms with van der Waals surface area (Å²) in [6.07, 6.45) is -2.63. The molecule has 0 aliphatic carbocycles. The van der Waals surface area contributed by atoms with Crippen molar-refractivity contribution < 1.29 is 27.9 Å². The van der Waals surface area contributed by atoms with Gasteiger partial charge in [0.1, 0.15) is 5.69 Å². The lowest BCUT2D eigenvalue weighted by Gasteiger charge is -2.12. The molecule has 0 atom stereocenters. The molecule has 186 valence electrons. The Hall–Kier alpha value is -3.68. The summed E-state index contributed by atoms with van der Waals surface area (Å²) in [6, 6.07) is 6.62. The number of amides is 1. The number of nitrogens with one attached hydrogen (secondary N) is 1. The van der Waals surface area contributed by atoms with Crippen LogP contribution in [0.25, 0.3) is 5.82 Å². The van der Waals surface area contributed by atoms with Gasteiger partial charge >= 0.3 is 12.1 Å². The Bertz CT molecular complexity index is 1490.